The molecule has 0 atom stereocenters. The Morgan fingerprint density at radius 3 is 2.50 bits per heavy atom. The van der Waals surface area contributed by atoms with Crippen LogP contribution in [0.5, 0.6) is 0 Å². The number of ketones is 1. The van der Waals surface area contributed by atoms with Gasteiger partial charge in [-0.3, -0.25) is 9.59 Å². The first-order valence-electron chi connectivity index (χ1n) is 5.27. The minimum absolute atomic E-state index is 0.0102. The molecule has 1 N–H and O–H groups in total. The van der Waals surface area contributed by atoms with Crippen LogP contribution in [0.4, 0.5) is 0 Å². The number of hydrogen-bond donors (Lipinski definition) is 1. The molecular formula is C13H10BrNO2S. The lowest BCUT2D eigenvalue weighted by molar-refractivity contribution is 0.0904. The lowest BCUT2D eigenvalue weighted by Gasteiger charge is -2.03. The summed E-state index contributed by atoms with van der Waals surface area (Å²) in [5.41, 5.74) is 1.16. The Balaban J connectivity index is 1.92. The van der Waals surface area contributed by atoms with Crippen LogP contribution in [-0.2, 0) is 0 Å². The van der Waals surface area contributed by atoms with Crippen LogP contribution >= 0.6 is 27.3 Å². The Hall–Kier alpha value is -1.46. The molecule has 2 rings (SSSR count). The van der Waals surface area contributed by atoms with Crippen molar-refractivity contribution in [1.29, 1.82) is 0 Å². The molecule has 0 bridgehead atoms. The van der Waals surface area contributed by atoms with Crippen molar-refractivity contribution in [2.45, 2.75) is 0 Å². The monoisotopic (exact) mass is 323 g/mol. The standard InChI is InChI=1S/C13H10BrNO2S/c14-12-6-10(8-18-12)13(17)15-7-11(16)9-4-2-1-3-5-9/h1-6,8H,7H2,(H,15,17). The highest BCUT2D eigenvalue weighted by atomic mass is 79.9. The quantitative estimate of drug-likeness (QED) is 0.879. The van der Waals surface area contributed by atoms with E-state index in [4.69, 9.17) is 0 Å². The van der Waals surface area contributed by atoms with E-state index in [0.29, 0.717) is 11.1 Å². The summed E-state index contributed by atoms with van der Waals surface area (Å²) in [6, 6.07) is 10.6. The Labute approximate surface area is 117 Å². The molecule has 0 radical (unpaired) electrons. The third kappa shape index (κ3) is 3.27. The molecule has 3 nitrogen and oxygen atoms in total. The van der Waals surface area contributed by atoms with Crippen LogP contribution in [0.15, 0.2) is 45.6 Å². The van der Waals surface area contributed by atoms with Crippen molar-refractivity contribution in [3.05, 3.63) is 56.7 Å². The highest BCUT2D eigenvalue weighted by molar-refractivity contribution is 9.11. The summed E-state index contributed by atoms with van der Waals surface area (Å²) in [4.78, 5) is 23.5. The normalized spacial score (nSPS) is 10.1. The van der Waals surface area contributed by atoms with E-state index in [0.717, 1.165) is 3.79 Å². The number of carbonyl (C=O) groups is 2. The highest BCUT2D eigenvalue weighted by Gasteiger charge is 2.10. The summed E-state index contributed by atoms with van der Waals surface area (Å²) in [5, 5.41) is 4.35. The molecule has 92 valence electrons. The summed E-state index contributed by atoms with van der Waals surface area (Å²) >= 11 is 4.72. The van der Waals surface area contributed by atoms with Gasteiger partial charge in [-0.25, -0.2) is 0 Å². The van der Waals surface area contributed by atoms with Gasteiger partial charge in [0.05, 0.1) is 15.9 Å². The Bertz CT molecular complexity index is 565. The fraction of sp³-hybridized carbons (Fsp3) is 0.0769. The predicted molar refractivity (Wildman–Crippen MR) is 75.1 cm³/mol. The van der Waals surface area contributed by atoms with Gasteiger partial charge in [0.1, 0.15) is 0 Å². The number of thiophene rings is 1. The molecule has 0 saturated heterocycles. The van der Waals surface area contributed by atoms with Gasteiger partial charge in [0.25, 0.3) is 5.91 Å². The van der Waals surface area contributed by atoms with Crippen LogP contribution in [0.1, 0.15) is 20.7 Å². The largest absolute Gasteiger partial charge is 0.345 e. The first-order valence-corrected chi connectivity index (χ1v) is 6.94. The number of amides is 1. The average molecular weight is 324 g/mol. The summed E-state index contributed by atoms with van der Waals surface area (Å²) in [7, 11) is 0. The number of halogens is 1. The van der Waals surface area contributed by atoms with Crippen LogP contribution in [0.2, 0.25) is 0 Å². The van der Waals surface area contributed by atoms with Crippen LogP contribution in [0, 0.1) is 0 Å². The Kier molecular flexibility index (Phi) is 4.28. The number of benzene rings is 1. The molecule has 1 amide bonds. The van der Waals surface area contributed by atoms with Gasteiger partial charge in [-0.05, 0) is 22.0 Å². The predicted octanol–water partition coefficient (Wildman–Crippen LogP) is 3.12. The third-order valence-electron chi connectivity index (χ3n) is 2.33. The molecule has 1 heterocycles. The molecule has 0 spiro atoms. The highest BCUT2D eigenvalue weighted by Crippen LogP contribution is 2.20. The number of hydrogen-bond acceptors (Lipinski definition) is 3. The van der Waals surface area contributed by atoms with Crippen LogP contribution in [0.3, 0.4) is 0 Å². The SMILES string of the molecule is O=C(CNC(=O)c1csc(Br)c1)c1ccccc1. The van der Waals surface area contributed by atoms with Gasteiger partial charge in [0.2, 0.25) is 0 Å². The van der Waals surface area contributed by atoms with E-state index in [1.165, 1.54) is 11.3 Å². The van der Waals surface area contributed by atoms with E-state index in [-0.39, 0.29) is 18.2 Å². The van der Waals surface area contributed by atoms with E-state index in [9.17, 15) is 9.59 Å². The van der Waals surface area contributed by atoms with E-state index in [1.807, 2.05) is 6.07 Å². The Morgan fingerprint density at radius 1 is 1.17 bits per heavy atom. The third-order valence-corrected chi connectivity index (χ3v) is 3.84. The number of nitrogens with one attached hydrogen (secondary N) is 1. The first-order chi connectivity index (χ1) is 8.66. The molecule has 1 aromatic heterocycles. The fourth-order valence-corrected chi connectivity index (χ4v) is 2.55. The summed E-state index contributed by atoms with van der Waals surface area (Å²) < 4.78 is 0.891. The molecule has 0 unspecified atom stereocenters. The molecule has 18 heavy (non-hydrogen) atoms. The smallest absolute Gasteiger partial charge is 0.252 e. The molecule has 0 aliphatic rings. The first kappa shape index (κ1) is 13.0. The second-order valence-corrected chi connectivity index (χ2v) is 5.90. The minimum Gasteiger partial charge on any atom is -0.345 e. The molecule has 0 fully saturated rings. The van der Waals surface area contributed by atoms with Crippen molar-refractivity contribution in [1.82, 2.24) is 5.32 Å². The number of Topliss-reactive ketones (excluding diaryl/α,β-unsaturated/α-hetero) is 1. The lowest BCUT2D eigenvalue weighted by Crippen LogP contribution is -2.29. The maximum Gasteiger partial charge on any atom is 0.252 e. The molecule has 0 aliphatic carbocycles. The molecule has 1 aromatic carbocycles. The van der Waals surface area contributed by atoms with Crippen molar-refractivity contribution in [2.75, 3.05) is 6.54 Å². The van der Waals surface area contributed by atoms with Gasteiger partial charge in [0.15, 0.2) is 5.78 Å². The minimum atomic E-state index is -0.235. The zero-order chi connectivity index (χ0) is 13.0. The molecule has 0 aliphatic heterocycles. The van der Waals surface area contributed by atoms with Crippen molar-refractivity contribution >= 4 is 39.0 Å². The second-order valence-electron chi connectivity index (χ2n) is 3.61. The molecule has 2 aromatic rings. The summed E-state index contributed by atoms with van der Waals surface area (Å²) in [6.07, 6.45) is 0. The summed E-state index contributed by atoms with van der Waals surface area (Å²) in [5.74, 6) is -0.334. The van der Waals surface area contributed by atoms with E-state index in [2.05, 4.69) is 21.2 Å². The van der Waals surface area contributed by atoms with Gasteiger partial charge in [-0.1, -0.05) is 30.3 Å². The van der Waals surface area contributed by atoms with Crippen molar-refractivity contribution < 1.29 is 9.59 Å². The molecular weight excluding hydrogens is 314 g/mol. The zero-order valence-corrected chi connectivity index (χ0v) is 11.8. The van der Waals surface area contributed by atoms with E-state index < -0.39 is 0 Å². The van der Waals surface area contributed by atoms with Crippen molar-refractivity contribution in [2.24, 2.45) is 0 Å². The molecule has 5 heteroatoms. The molecule has 0 saturated carbocycles. The summed E-state index contributed by atoms with van der Waals surface area (Å²) in [6.45, 7) is 0.0102. The zero-order valence-electron chi connectivity index (χ0n) is 9.35. The van der Waals surface area contributed by atoms with Crippen LogP contribution in [0.25, 0.3) is 0 Å². The number of rotatable bonds is 4. The fourth-order valence-electron chi connectivity index (χ4n) is 1.42. The van der Waals surface area contributed by atoms with Crippen molar-refractivity contribution in [3.63, 3.8) is 0 Å². The van der Waals surface area contributed by atoms with Crippen LogP contribution < -0.4 is 5.32 Å². The topological polar surface area (TPSA) is 46.2 Å². The van der Waals surface area contributed by atoms with Crippen molar-refractivity contribution in [3.8, 4) is 0 Å². The van der Waals surface area contributed by atoms with Gasteiger partial charge in [-0.15, -0.1) is 11.3 Å². The van der Waals surface area contributed by atoms with Gasteiger partial charge in [0, 0.05) is 10.9 Å². The van der Waals surface area contributed by atoms with Gasteiger partial charge in [-0.2, -0.15) is 0 Å². The van der Waals surface area contributed by atoms with E-state index >= 15 is 0 Å². The second kappa shape index (κ2) is 5.93. The van der Waals surface area contributed by atoms with E-state index in [1.54, 1.807) is 35.7 Å². The van der Waals surface area contributed by atoms with Gasteiger partial charge < -0.3 is 5.32 Å². The average Bonchev–Trinajstić information content (AvgIpc) is 2.83. The van der Waals surface area contributed by atoms with Gasteiger partial charge >= 0.3 is 0 Å². The maximum atomic E-state index is 11.8. The van der Waals surface area contributed by atoms with Crippen LogP contribution in [-0.4, -0.2) is 18.2 Å². The lowest BCUT2D eigenvalue weighted by atomic mass is 10.1. The number of carbonyl (C=O) groups excluding carboxylic acids is 2. The maximum absolute atomic E-state index is 11.8. The Morgan fingerprint density at radius 2 is 1.89 bits per heavy atom.